The molecule has 17 heavy (non-hydrogen) atoms. The zero-order chi connectivity index (χ0) is 12.3. The molecule has 0 aliphatic rings. The molecular formula is C10H15N5OS. The van der Waals surface area contributed by atoms with Gasteiger partial charge in [-0.25, -0.2) is 0 Å². The Balaban J connectivity index is 2.18. The van der Waals surface area contributed by atoms with E-state index in [-0.39, 0.29) is 6.04 Å². The van der Waals surface area contributed by atoms with Crippen LogP contribution >= 0.6 is 11.5 Å². The van der Waals surface area contributed by atoms with Crippen molar-refractivity contribution in [3.63, 3.8) is 0 Å². The molecule has 6 nitrogen and oxygen atoms in total. The first-order valence-electron chi connectivity index (χ1n) is 5.64. The van der Waals surface area contributed by atoms with Crippen LogP contribution in [0, 0.1) is 0 Å². The van der Waals surface area contributed by atoms with Gasteiger partial charge < -0.3 is 10.3 Å². The molecule has 0 saturated heterocycles. The van der Waals surface area contributed by atoms with Crippen LogP contribution in [0.4, 0.5) is 0 Å². The molecule has 1 atom stereocenters. The van der Waals surface area contributed by atoms with Crippen molar-refractivity contribution >= 4 is 11.5 Å². The van der Waals surface area contributed by atoms with Crippen molar-refractivity contribution in [2.75, 3.05) is 0 Å². The molecule has 2 aromatic rings. The fourth-order valence-corrected chi connectivity index (χ4v) is 2.08. The molecule has 0 aromatic carbocycles. The minimum Gasteiger partial charge on any atom is -0.333 e. The Labute approximate surface area is 103 Å². The average Bonchev–Trinajstić information content (AvgIpc) is 2.95. The molecule has 0 aliphatic carbocycles. The maximum Gasteiger partial charge on any atom is 0.271 e. The molecule has 92 valence electrons. The molecule has 0 amide bonds. The van der Waals surface area contributed by atoms with Crippen molar-refractivity contribution in [3.8, 4) is 10.8 Å². The normalized spacial score (nSPS) is 12.9. The molecule has 0 aliphatic heterocycles. The third-order valence-electron chi connectivity index (χ3n) is 2.52. The number of hydrogen-bond donors (Lipinski definition) is 1. The van der Waals surface area contributed by atoms with Gasteiger partial charge >= 0.3 is 0 Å². The van der Waals surface area contributed by atoms with Crippen LogP contribution in [-0.4, -0.2) is 25.8 Å². The van der Waals surface area contributed by atoms with Crippen LogP contribution in [0.5, 0.6) is 0 Å². The van der Waals surface area contributed by atoms with Gasteiger partial charge in [-0.05, 0) is 24.4 Å². The number of nitrogens with two attached hydrogens (primary N) is 1. The number of rotatable bonds is 5. The van der Waals surface area contributed by atoms with E-state index < -0.39 is 0 Å². The molecule has 7 heteroatoms. The monoisotopic (exact) mass is 253 g/mol. The predicted molar refractivity (Wildman–Crippen MR) is 64.5 cm³/mol. The topological polar surface area (TPSA) is 90.7 Å². The zero-order valence-electron chi connectivity index (χ0n) is 9.88. The summed E-state index contributed by atoms with van der Waals surface area (Å²) in [5.41, 5.74) is 6.74. The minimum atomic E-state index is 0.0747. The summed E-state index contributed by atoms with van der Waals surface area (Å²) in [4.78, 5) is 5.18. The summed E-state index contributed by atoms with van der Waals surface area (Å²) in [5.74, 6) is 1.14. The van der Waals surface area contributed by atoms with Crippen LogP contribution in [0.2, 0.25) is 0 Å². The first kappa shape index (κ1) is 12.1. The highest BCUT2D eigenvalue weighted by atomic mass is 32.1. The summed E-state index contributed by atoms with van der Waals surface area (Å²) >= 11 is 1.28. The lowest BCUT2D eigenvalue weighted by molar-refractivity contribution is 0.419. The van der Waals surface area contributed by atoms with Gasteiger partial charge in [-0.3, -0.25) is 0 Å². The van der Waals surface area contributed by atoms with Gasteiger partial charge in [0.25, 0.3) is 5.89 Å². The standard InChI is InChI=1S/C10H15N5OS/c1-3-6(11)5-8-12-10(16-14-8)9-7(4-2)13-15-17-9/h6H,3-5,11H2,1-2H3. The molecule has 2 heterocycles. The van der Waals surface area contributed by atoms with E-state index in [1.54, 1.807) is 0 Å². The van der Waals surface area contributed by atoms with E-state index in [9.17, 15) is 0 Å². The first-order chi connectivity index (χ1) is 8.24. The van der Waals surface area contributed by atoms with Crippen LogP contribution in [0.25, 0.3) is 10.8 Å². The van der Waals surface area contributed by atoms with Crippen molar-refractivity contribution in [3.05, 3.63) is 11.5 Å². The van der Waals surface area contributed by atoms with Gasteiger partial charge in [-0.1, -0.05) is 23.5 Å². The Hall–Kier alpha value is -1.34. The van der Waals surface area contributed by atoms with Crippen molar-refractivity contribution < 1.29 is 4.52 Å². The lowest BCUT2D eigenvalue weighted by atomic mass is 10.2. The quantitative estimate of drug-likeness (QED) is 0.866. The second-order valence-electron chi connectivity index (χ2n) is 3.79. The molecule has 2 aromatic heterocycles. The summed E-state index contributed by atoms with van der Waals surface area (Å²) in [5, 5.41) is 7.93. The molecule has 0 spiro atoms. The van der Waals surface area contributed by atoms with Crippen LogP contribution in [0.15, 0.2) is 4.52 Å². The summed E-state index contributed by atoms with van der Waals surface area (Å²) in [6, 6.07) is 0.0747. The van der Waals surface area contributed by atoms with Crippen molar-refractivity contribution in [2.24, 2.45) is 5.73 Å². The molecule has 0 radical (unpaired) electrons. The smallest absolute Gasteiger partial charge is 0.271 e. The number of nitrogens with zero attached hydrogens (tertiary/aromatic N) is 4. The minimum absolute atomic E-state index is 0.0747. The fourth-order valence-electron chi connectivity index (χ4n) is 1.41. The highest BCUT2D eigenvalue weighted by molar-refractivity contribution is 7.09. The SMILES string of the molecule is CCc1nnsc1-c1nc(CC(N)CC)no1. The van der Waals surface area contributed by atoms with Crippen LogP contribution < -0.4 is 5.73 Å². The molecule has 0 saturated carbocycles. The van der Waals surface area contributed by atoms with E-state index >= 15 is 0 Å². The van der Waals surface area contributed by atoms with E-state index in [1.165, 1.54) is 11.5 Å². The van der Waals surface area contributed by atoms with Gasteiger partial charge in [-0.2, -0.15) is 4.98 Å². The third kappa shape index (κ3) is 2.67. The van der Waals surface area contributed by atoms with Gasteiger partial charge in [0.2, 0.25) is 0 Å². The summed E-state index contributed by atoms with van der Waals surface area (Å²) in [6.07, 6.45) is 2.33. The Morgan fingerprint density at radius 2 is 2.24 bits per heavy atom. The largest absolute Gasteiger partial charge is 0.333 e. The van der Waals surface area contributed by atoms with Crippen molar-refractivity contribution in [1.29, 1.82) is 0 Å². The van der Waals surface area contributed by atoms with E-state index in [1.807, 2.05) is 13.8 Å². The molecule has 2 N–H and O–H groups in total. The first-order valence-corrected chi connectivity index (χ1v) is 6.41. The highest BCUT2D eigenvalue weighted by Gasteiger charge is 2.16. The van der Waals surface area contributed by atoms with Crippen LogP contribution in [0.1, 0.15) is 31.8 Å². The Morgan fingerprint density at radius 3 is 2.94 bits per heavy atom. The number of hydrogen-bond acceptors (Lipinski definition) is 7. The lowest BCUT2D eigenvalue weighted by Gasteiger charge is -2.02. The highest BCUT2D eigenvalue weighted by Crippen LogP contribution is 2.24. The Morgan fingerprint density at radius 1 is 1.41 bits per heavy atom. The summed E-state index contributed by atoms with van der Waals surface area (Å²) < 4.78 is 9.11. The Kier molecular flexibility index (Phi) is 3.80. The van der Waals surface area contributed by atoms with Gasteiger partial charge in [0.15, 0.2) is 5.82 Å². The molecular weight excluding hydrogens is 238 g/mol. The van der Waals surface area contributed by atoms with E-state index in [4.69, 9.17) is 10.3 Å². The van der Waals surface area contributed by atoms with Crippen molar-refractivity contribution in [2.45, 2.75) is 39.2 Å². The molecule has 0 fully saturated rings. The van der Waals surface area contributed by atoms with Gasteiger partial charge in [0, 0.05) is 12.5 Å². The predicted octanol–water partition coefficient (Wildman–Crippen LogP) is 1.43. The molecule has 0 bridgehead atoms. The maximum absolute atomic E-state index is 5.85. The van der Waals surface area contributed by atoms with Gasteiger partial charge in [-0.15, -0.1) is 5.10 Å². The van der Waals surface area contributed by atoms with Crippen LogP contribution in [-0.2, 0) is 12.8 Å². The van der Waals surface area contributed by atoms with Crippen LogP contribution in [0.3, 0.4) is 0 Å². The molecule has 2 rings (SSSR count). The maximum atomic E-state index is 5.85. The van der Waals surface area contributed by atoms with Crippen molar-refractivity contribution in [1.82, 2.24) is 19.7 Å². The van der Waals surface area contributed by atoms with E-state index in [0.29, 0.717) is 18.1 Å². The summed E-state index contributed by atoms with van der Waals surface area (Å²) in [7, 11) is 0. The second-order valence-corrected chi connectivity index (χ2v) is 4.54. The fraction of sp³-hybridized carbons (Fsp3) is 0.600. The molecule has 1 unspecified atom stereocenters. The van der Waals surface area contributed by atoms with Gasteiger partial charge in [0.05, 0.1) is 5.69 Å². The second kappa shape index (κ2) is 5.33. The third-order valence-corrected chi connectivity index (χ3v) is 3.28. The van der Waals surface area contributed by atoms with E-state index in [0.717, 1.165) is 23.4 Å². The number of aromatic nitrogens is 4. The zero-order valence-corrected chi connectivity index (χ0v) is 10.7. The Bertz CT molecular complexity index is 481. The lowest BCUT2D eigenvalue weighted by Crippen LogP contribution is -2.21. The van der Waals surface area contributed by atoms with E-state index in [2.05, 4.69) is 19.7 Å². The number of aryl methyl sites for hydroxylation is 1. The van der Waals surface area contributed by atoms with Gasteiger partial charge in [0.1, 0.15) is 4.88 Å². The summed E-state index contributed by atoms with van der Waals surface area (Å²) in [6.45, 7) is 4.05. The average molecular weight is 253 g/mol.